The number of nitrogens with one attached hydrogen (secondary N) is 1. The van der Waals surface area contributed by atoms with Crippen molar-refractivity contribution in [3.8, 4) is 11.5 Å². The van der Waals surface area contributed by atoms with Crippen molar-refractivity contribution in [1.29, 1.82) is 0 Å². The van der Waals surface area contributed by atoms with Gasteiger partial charge in [0, 0.05) is 35.9 Å². The summed E-state index contributed by atoms with van der Waals surface area (Å²) in [5.41, 5.74) is 3.60. The molecule has 0 saturated carbocycles. The van der Waals surface area contributed by atoms with E-state index in [1.165, 1.54) is 19.2 Å². The number of Topliss-reactive ketones (excluding diaryl/α,β-unsaturated/α-hetero) is 1. The second kappa shape index (κ2) is 10.9. The van der Waals surface area contributed by atoms with Crippen LogP contribution in [0.2, 0.25) is 0 Å². The molecule has 3 atom stereocenters. The molecule has 2 heterocycles. The lowest BCUT2D eigenvalue weighted by Crippen LogP contribution is -2.36. The molecule has 1 aliphatic carbocycles. The van der Waals surface area contributed by atoms with Crippen molar-refractivity contribution in [2.75, 3.05) is 20.3 Å². The zero-order valence-corrected chi connectivity index (χ0v) is 22.8. The zero-order valence-electron chi connectivity index (χ0n) is 21.2. The Morgan fingerprint density at radius 1 is 1.21 bits per heavy atom. The maximum Gasteiger partial charge on any atom is 0.336 e. The van der Waals surface area contributed by atoms with Crippen LogP contribution in [0.3, 0.4) is 0 Å². The summed E-state index contributed by atoms with van der Waals surface area (Å²) in [4.78, 5) is 27.3. The number of methoxy groups -OCH3 is 1. The third kappa shape index (κ3) is 5.09. The topological polar surface area (TPSA) is 94.1 Å². The first-order valence-corrected chi connectivity index (χ1v) is 13.4. The van der Waals surface area contributed by atoms with Crippen LogP contribution in [0.4, 0.5) is 4.39 Å². The number of esters is 1. The summed E-state index contributed by atoms with van der Waals surface area (Å²) in [6.07, 6.45) is 2.36. The normalized spacial score (nSPS) is 23.3. The van der Waals surface area contributed by atoms with Crippen LogP contribution in [0.25, 0.3) is 0 Å². The predicted molar refractivity (Wildman–Crippen MR) is 141 cm³/mol. The number of allylic oxidation sites excluding steroid dienone is 3. The van der Waals surface area contributed by atoms with Crippen LogP contribution in [0.15, 0.2) is 63.4 Å². The highest BCUT2D eigenvalue weighted by Crippen LogP contribution is 2.48. The number of rotatable bonds is 6. The minimum Gasteiger partial charge on any atom is -0.503 e. The van der Waals surface area contributed by atoms with E-state index in [1.54, 1.807) is 31.2 Å². The zero-order chi connectivity index (χ0) is 27.0. The summed E-state index contributed by atoms with van der Waals surface area (Å²) < 4.78 is 30.6. The number of ether oxygens (including phenoxy) is 3. The molecule has 1 fully saturated rings. The highest BCUT2D eigenvalue weighted by Gasteiger charge is 2.42. The molecule has 2 aromatic rings. The van der Waals surface area contributed by atoms with E-state index in [0.29, 0.717) is 39.9 Å². The van der Waals surface area contributed by atoms with Gasteiger partial charge in [0.15, 0.2) is 17.3 Å². The van der Waals surface area contributed by atoms with Crippen molar-refractivity contribution in [1.82, 2.24) is 5.32 Å². The molecule has 38 heavy (non-hydrogen) atoms. The van der Waals surface area contributed by atoms with Crippen LogP contribution < -0.4 is 10.1 Å². The molecular formula is C29H29BrFNO6. The number of hydrogen-bond acceptors (Lipinski definition) is 7. The number of phenols is 1. The van der Waals surface area contributed by atoms with Crippen LogP contribution in [-0.2, 0) is 19.1 Å². The Balaban J connectivity index is 1.55. The van der Waals surface area contributed by atoms with Crippen molar-refractivity contribution in [3.05, 3.63) is 80.4 Å². The van der Waals surface area contributed by atoms with Gasteiger partial charge in [0.05, 0.1) is 23.3 Å². The van der Waals surface area contributed by atoms with Crippen molar-refractivity contribution in [3.63, 3.8) is 0 Å². The highest BCUT2D eigenvalue weighted by molar-refractivity contribution is 9.10. The van der Waals surface area contributed by atoms with E-state index < -0.39 is 11.9 Å². The molecule has 2 N–H and O–H groups in total. The molecule has 0 amide bonds. The first kappa shape index (κ1) is 26.4. The lowest BCUT2D eigenvalue weighted by Gasteiger charge is -2.37. The fourth-order valence-electron chi connectivity index (χ4n) is 5.55. The van der Waals surface area contributed by atoms with Crippen molar-refractivity contribution < 1.29 is 33.3 Å². The number of benzene rings is 2. The first-order chi connectivity index (χ1) is 18.3. The molecule has 3 aliphatic rings. The monoisotopic (exact) mass is 585 g/mol. The lowest BCUT2D eigenvalue weighted by atomic mass is 9.71. The van der Waals surface area contributed by atoms with E-state index in [4.69, 9.17) is 14.2 Å². The Bertz CT molecular complexity index is 1330. The number of dihydropyridines is 1. The molecule has 0 aromatic heterocycles. The summed E-state index contributed by atoms with van der Waals surface area (Å²) in [5, 5.41) is 13.7. The van der Waals surface area contributed by atoms with Gasteiger partial charge in [-0.1, -0.05) is 12.1 Å². The summed E-state index contributed by atoms with van der Waals surface area (Å²) in [6.45, 7) is 2.57. The SMILES string of the molecule is COc1cc([C@H]2C(C(=O)OC[C@@H]3CCCO3)=C(C)NC3=C2C(=O)C[C@@H](c2ccc(F)cc2)C3)cc(Br)c1O. The fourth-order valence-corrected chi connectivity index (χ4v) is 6.01. The molecule has 200 valence electrons. The minimum atomic E-state index is -0.726. The fraction of sp³-hybridized carbons (Fsp3) is 0.379. The van der Waals surface area contributed by atoms with Gasteiger partial charge in [-0.25, -0.2) is 9.18 Å². The maximum absolute atomic E-state index is 13.8. The van der Waals surface area contributed by atoms with Crippen LogP contribution in [0.5, 0.6) is 11.5 Å². The molecule has 0 radical (unpaired) electrons. The van der Waals surface area contributed by atoms with E-state index in [0.717, 1.165) is 24.1 Å². The van der Waals surface area contributed by atoms with Crippen LogP contribution in [-0.4, -0.2) is 43.3 Å². The van der Waals surface area contributed by atoms with Gasteiger partial charge in [-0.05, 0) is 83.4 Å². The van der Waals surface area contributed by atoms with E-state index in [-0.39, 0.29) is 48.1 Å². The Kier molecular flexibility index (Phi) is 7.59. The molecule has 1 saturated heterocycles. The number of phenolic OH excluding ortho intramolecular Hbond substituents is 1. The average molecular weight is 586 g/mol. The largest absolute Gasteiger partial charge is 0.503 e. The second-order valence-corrected chi connectivity index (χ2v) is 10.7. The Labute approximate surface area is 228 Å². The number of halogens is 2. The van der Waals surface area contributed by atoms with Crippen LogP contribution in [0.1, 0.15) is 55.6 Å². The third-order valence-corrected chi connectivity index (χ3v) is 8.02. The molecule has 0 unspecified atom stereocenters. The highest BCUT2D eigenvalue weighted by atomic mass is 79.9. The molecule has 2 aliphatic heterocycles. The van der Waals surface area contributed by atoms with E-state index in [9.17, 15) is 19.1 Å². The van der Waals surface area contributed by atoms with Gasteiger partial charge in [-0.15, -0.1) is 0 Å². The van der Waals surface area contributed by atoms with Gasteiger partial charge in [-0.3, -0.25) is 4.79 Å². The summed E-state index contributed by atoms with van der Waals surface area (Å²) in [6, 6.07) is 9.54. The van der Waals surface area contributed by atoms with Gasteiger partial charge in [0.25, 0.3) is 0 Å². The average Bonchev–Trinajstić information content (AvgIpc) is 3.42. The molecule has 0 bridgehead atoms. The van der Waals surface area contributed by atoms with Crippen LogP contribution in [0, 0.1) is 5.82 Å². The van der Waals surface area contributed by atoms with Crippen molar-refractivity contribution in [2.24, 2.45) is 0 Å². The standard InChI is InChI=1S/C29H29BrFNO6/c1-15-25(29(35)38-14-20-4-3-9-37-20)26(18-10-21(30)28(34)24(13-18)36-2)27-22(32-15)11-17(12-23(27)33)16-5-7-19(31)8-6-16/h5-8,10,13,17,20,26,32,34H,3-4,9,11-12,14H2,1-2H3/t17-,20-,26-/m0/s1. The van der Waals surface area contributed by atoms with Crippen molar-refractivity contribution >= 4 is 27.7 Å². The first-order valence-electron chi connectivity index (χ1n) is 12.6. The number of aromatic hydroxyl groups is 1. The van der Waals surface area contributed by atoms with Gasteiger partial charge >= 0.3 is 5.97 Å². The Morgan fingerprint density at radius 3 is 2.66 bits per heavy atom. The quantitative estimate of drug-likeness (QED) is 0.439. The van der Waals surface area contributed by atoms with Gasteiger partial charge in [0.1, 0.15) is 12.4 Å². The third-order valence-electron chi connectivity index (χ3n) is 7.42. The maximum atomic E-state index is 13.8. The number of carbonyl (C=O) groups excluding carboxylic acids is 2. The molecule has 2 aromatic carbocycles. The Morgan fingerprint density at radius 2 is 1.97 bits per heavy atom. The summed E-state index contributed by atoms with van der Waals surface area (Å²) >= 11 is 3.37. The molecule has 7 nitrogen and oxygen atoms in total. The molecular weight excluding hydrogens is 557 g/mol. The molecule has 5 rings (SSSR count). The number of ketones is 1. The Hall–Kier alpha value is -3.17. The minimum absolute atomic E-state index is 0.0751. The molecule has 9 heteroatoms. The second-order valence-electron chi connectivity index (χ2n) is 9.86. The van der Waals surface area contributed by atoms with Crippen molar-refractivity contribution in [2.45, 2.75) is 50.5 Å². The molecule has 0 spiro atoms. The smallest absolute Gasteiger partial charge is 0.336 e. The number of hydrogen-bond donors (Lipinski definition) is 2. The summed E-state index contributed by atoms with van der Waals surface area (Å²) in [7, 11) is 1.44. The summed E-state index contributed by atoms with van der Waals surface area (Å²) in [5.74, 6) is -1.69. The predicted octanol–water partition coefficient (Wildman–Crippen LogP) is 5.39. The van der Waals surface area contributed by atoms with Gasteiger partial charge in [0.2, 0.25) is 0 Å². The van der Waals surface area contributed by atoms with E-state index in [1.807, 2.05) is 0 Å². The van der Waals surface area contributed by atoms with Gasteiger partial charge < -0.3 is 24.6 Å². The van der Waals surface area contributed by atoms with E-state index >= 15 is 0 Å². The van der Waals surface area contributed by atoms with Gasteiger partial charge in [-0.2, -0.15) is 0 Å². The van der Waals surface area contributed by atoms with Crippen LogP contribution >= 0.6 is 15.9 Å². The van der Waals surface area contributed by atoms with E-state index in [2.05, 4.69) is 21.2 Å². The lowest BCUT2D eigenvalue weighted by molar-refractivity contribution is -0.142. The number of carbonyl (C=O) groups is 2.